The number of benzene rings is 1. The predicted molar refractivity (Wildman–Crippen MR) is 56.0 cm³/mol. The van der Waals surface area contributed by atoms with E-state index in [0.29, 0.717) is 5.92 Å². The van der Waals surface area contributed by atoms with Crippen LogP contribution in [0.15, 0.2) is 24.3 Å². The summed E-state index contributed by atoms with van der Waals surface area (Å²) < 4.78 is 0. The molecule has 1 aromatic rings. The molecule has 0 bridgehead atoms. The third-order valence-corrected chi connectivity index (χ3v) is 3.06. The second kappa shape index (κ2) is 3.54. The van der Waals surface area contributed by atoms with Crippen molar-refractivity contribution in [3.05, 3.63) is 35.4 Å². The molecule has 0 unspecified atom stereocenters. The summed E-state index contributed by atoms with van der Waals surface area (Å²) in [5, 5.41) is 0. The van der Waals surface area contributed by atoms with Gasteiger partial charge in [0.15, 0.2) is 0 Å². The van der Waals surface area contributed by atoms with Crippen molar-refractivity contribution in [1.29, 1.82) is 0 Å². The molecule has 14 heavy (non-hydrogen) atoms. The first-order valence-corrected chi connectivity index (χ1v) is 5.01. The van der Waals surface area contributed by atoms with E-state index in [2.05, 4.69) is 12.1 Å². The molecule has 2 rings (SSSR count). The van der Waals surface area contributed by atoms with E-state index in [4.69, 9.17) is 5.73 Å². The maximum absolute atomic E-state index is 11.2. The molecule has 0 saturated carbocycles. The van der Waals surface area contributed by atoms with Crippen LogP contribution in [0.3, 0.4) is 0 Å². The van der Waals surface area contributed by atoms with Crippen LogP contribution >= 0.6 is 0 Å². The highest BCUT2D eigenvalue weighted by atomic mass is 16.1. The van der Waals surface area contributed by atoms with Gasteiger partial charge in [0.2, 0.25) is 0 Å². The van der Waals surface area contributed by atoms with Crippen LogP contribution in [0.5, 0.6) is 0 Å². The first kappa shape index (κ1) is 9.41. The minimum atomic E-state index is -0.289. The fourth-order valence-electron chi connectivity index (χ4n) is 2.18. The number of rotatable bonds is 2. The van der Waals surface area contributed by atoms with Gasteiger partial charge in [-0.2, -0.15) is 0 Å². The Morgan fingerprint density at radius 1 is 1.36 bits per heavy atom. The molecule has 0 amide bonds. The Balaban J connectivity index is 2.15. The molecule has 0 fully saturated rings. The van der Waals surface area contributed by atoms with E-state index in [-0.39, 0.29) is 11.8 Å². The van der Waals surface area contributed by atoms with Gasteiger partial charge in [-0.25, -0.2) is 0 Å². The van der Waals surface area contributed by atoms with Crippen LogP contribution in [0.25, 0.3) is 0 Å². The Morgan fingerprint density at radius 2 is 1.86 bits per heavy atom. The molecule has 74 valence electrons. The van der Waals surface area contributed by atoms with Gasteiger partial charge in [0.25, 0.3) is 0 Å². The molecule has 2 nitrogen and oxygen atoms in total. The van der Waals surface area contributed by atoms with Crippen molar-refractivity contribution >= 4 is 5.78 Å². The number of hydrogen-bond donors (Lipinski definition) is 1. The fourth-order valence-corrected chi connectivity index (χ4v) is 2.18. The van der Waals surface area contributed by atoms with Crippen LogP contribution in [-0.2, 0) is 17.6 Å². The Labute approximate surface area is 84.1 Å². The lowest BCUT2D eigenvalue weighted by molar-refractivity contribution is -0.119. The van der Waals surface area contributed by atoms with E-state index in [1.54, 1.807) is 6.92 Å². The molecule has 1 aliphatic carbocycles. The van der Waals surface area contributed by atoms with E-state index >= 15 is 0 Å². The highest BCUT2D eigenvalue weighted by Gasteiger charge is 2.28. The number of carbonyl (C=O) groups is 1. The molecule has 2 heteroatoms. The minimum Gasteiger partial charge on any atom is -0.321 e. The summed E-state index contributed by atoms with van der Waals surface area (Å²) in [6, 6.07) is 8.05. The van der Waals surface area contributed by atoms with Gasteiger partial charge >= 0.3 is 0 Å². The van der Waals surface area contributed by atoms with Crippen LogP contribution in [0.1, 0.15) is 18.1 Å². The number of fused-ring (bicyclic) bond motifs is 1. The second-order valence-corrected chi connectivity index (χ2v) is 4.07. The minimum absolute atomic E-state index is 0.0998. The largest absolute Gasteiger partial charge is 0.321 e. The maximum atomic E-state index is 11.2. The first-order chi connectivity index (χ1) is 6.68. The molecule has 0 aliphatic heterocycles. The molecule has 0 aromatic heterocycles. The van der Waals surface area contributed by atoms with Gasteiger partial charge < -0.3 is 5.73 Å². The summed E-state index contributed by atoms with van der Waals surface area (Å²) in [5.74, 6) is 0.410. The van der Waals surface area contributed by atoms with Gasteiger partial charge in [-0.1, -0.05) is 24.3 Å². The average Bonchev–Trinajstić information content (AvgIpc) is 2.59. The molecule has 0 heterocycles. The second-order valence-electron chi connectivity index (χ2n) is 4.07. The van der Waals surface area contributed by atoms with E-state index in [9.17, 15) is 4.79 Å². The van der Waals surface area contributed by atoms with Gasteiger partial charge in [0.1, 0.15) is 5.78 Å². The van der Waals surface area contributed by atoms with Crippen LogP contribution in [0.4, 0.5) is 0 Å². The molecule has 2 N–H and O–H groups in total. The van der Waals surface area contributed by atoms with Crippen LogP contribution in [-0.4, -0.2) is 11.8 Å². The average molecular weight is 189 g/mol. The third-order valence-electron chi connectivity index (χ3n) is 3.06. The molecule has 0 radical (unpaired) electrons. The summed E-state index contributed by atoms with van der Waals surface area (Å²) in [6.07, 6.45) is 1.91. The van der Waals surface area contributed by atoms with Crippen molar-refractivity contribution in [1.82, 2.24) is 0 Å². The van der Waals surface area contributed by atoms with Crippen LogP contribution < -0.4 is 5.73 Å². The number of hydrogen-bond acceptors (Lipinski definition) is 2. The lowest BCUT2D eigenvalue weighted by Gasteiger charge is -2.14. The van der Waals surface area contributed by atoms with Gasteiger partial charge in [-0.3, -0.25) is 4.79 Å². The van der Waals surface area contributed by atoms with E-state index in [1.165, 1.54) is 11.1 Å². The van der Waals surface area contributed by atoms with Crippen molar-refractivity contribution in [2.75, 3.05) is 0 Å². The van der Waals surface area contributed by atoms with Gasteiger partial charge in [-0.05, 0) is 36.8 Å². The number of Topliss-reactive ketones (excluding diaryl/α,β-unsaturated/α-hetero) is 1. The summed E-state index contributed by atoms with van der Waals surface area (Å²) >= 11 is 0. The summed E-state index contributed by atoms with van der Waals surface area (Å²) in [4.78, 5) is 11.2. The Bertz CT molecular complexity index is 334. The summed E-state index contributed by atoms with van der Waals surface area (Å²) in [6.45, 7) is 1.58. The molecule has 1 aromatic carbocycles. The molecule has 1 aliphatic rings. The lowest BCUT2D eigenvalue weighted by Crippen LogP contribution is -2.37. The zero-order valence-corrected chi connectivity index (χ0v) is 8.36. The third kappa shape index (κ3) is 1.58. The molecule has 0 saturated heterocycles. The standard InChI is InChI=1S/C12H15NO/c1-8(14)12(13)11-6-9-4-2-3-5-10(9)7-11/h2-5,11-12H,6-7,13H2,1H3/t12-/m0/s1. The maximum Gasteiger partial charge on any atom is 0.146 e. The highest BCUT2D eigenvalue weighted by molar-refractivity contribution is 5.81. The number of ketones is 1. The molecule has 0 spiro atoms. The van der Waals surface area contributed by atoms with Crippen LogP contribution in [0.2, 0.25) is 0 Å². The van der Waals surface area contributed by atoms with Crippen molar-refractivity contribution < 1.29 is 4.79 Å². The first-order valence-electron chi connectivity index (χ1n) is 5.01. The van der Waals surface area contributed by atoms with Crippen molar-refractivity contribution in [2.24, 2.45) is 11.7 Å². The topological polar surface area (TPSA) is 43.1 Å². The molecular formula is C12H15NO. The van der Waals surface area contributed by atoms with Crippen molar-refractivity contribution in [3.8, 4) is 0 Å². The lowest BCUT2D eigenvalue weighted by atomic mass is 9.95. The summed E-state index contributed by atoms with van der Waals surface area (Å²) in [5.41, 5.74) is 8.56. The number of carbonyl (C=O) groups excluding carboxylic acids is 1. The normalized spacial score (nSPS) is 17.9. The Hall–Kier alpha value is -1.15. The highest BCUT2D eigenvalue weighted by Crippen LogP contribution is 2.28. The van der Waals surface area contributed by atoms with E-state index < -0.39 is 0 Å². The summed E-state index contributed by atoms with van der Waals surface area (Å²) in [7, 11) is 0. The molecular weight excluding hydrogens is 174 g/mol. The monoisotopic (exact) mass is 189 g/mol. The zero-order chi connectivity index (χ0) is 10.1. The SMILES string of the molecule is CC(=O)[C@H](N)C1Cc2ccccc2C1. The molecule has 1 atom stereocenters. The zero-order valence-electron chi connectivity index (χ0n) is 8.36. The Morgan fingerprint density at radius 3 is 2.29 bits per heavy atom. The fraction of sp³-hybridized carbons (Fsp3) is 0.417. The van der Waals surface area contributed by atoms with Crippen molar-refractivity contribution in [2.45, 2.75) is 25.8 Å². The van der Waals surface area contributed by atoms with Crippen LogP contribution in [0, 0.1) is 5.92 Å². The van der Waals surface area contributed by atoms with E-state index in [0.717, 1.165) is 12.8 Å². The van der Waals surface area contributed by atoms with Gasteiger partial charge in [-0.15, -0.1) is 0 Å². The van der Waals surface area contributed by atoms with E-state index in [1.807, 2.05) is 12.1 Å². The van der Waals surface area contributed by atoms with Crippen molar-refractivity contribution in [3.63, 3.8) is 0 Å². The smallest absolute Gasteiger partial charge is 0.146 e. The number of nitrogens with two attached hydrogens (primary N) is 1. The predicted octanol–water partition coefficient (Wildman–Crippen LogP) is 1.32. The quantitative estimate of drug-likeness (QED) is 0.762. The van der Waals surface area contributed by atoms with Gasteiger partial charge in [0.05, 0.1) is 6.04 Å². The Kier molecular flexibility index (Phi) is 2.38. The van der Waals surface area contributed by atoms with Gasteiger partial charge in [0, 0.05) is 0 Å².